The lowest BCUT2D eigenvalue weighted by molar-refractivity contribution is -0.0313. The number of ether oxygens (including phenoxy) is 1. The Morgan fingerprint density at radius 2 is 2.24 bits per heavy atom. The minimum Gasteiger partial charge on any atom is -0.344 e. The molecule has 0 N–H and O–H groups in total. The number of urea groups is 1. The smallest absolute Gasteiger partial charge is 0.327 e. The minimum absolute atomic E-state index is 0.0456. The number of nitrogens with zero attached hydrogens (tertiary/aromatic N) is 2. The Morgan fingerprint density at radius 1 is 1.38 bits per heavy atom. The second-order valence-corrected chi connectivity index (χ2v) is 6.51. The fourth-order valence-corrected chi connectivity index (χ4v) is 4.21. The van der Waals surface area contributed by atoms with Crippen LogP contribution in [-0.4, -0.2) is 31.1 Å². The summed E-state index contributed by atoms with van der Waals surface area (Å²) in [6.45, 7) is 1.09. The zero-order valence-corrected chi connectivity index (χ0v) is 12.9. The number of carbonyl (C=O) groups excluding carboxylic acids is 1. The molecule has 4 nitrogen and oxygen atoms in total. The quantitative estimate of drug-likeness (QED) is 0.805. The Balaban J connectivity index is 2.05. The van der Waals surface area contributed by atoms with Crippen LogP contribution in [-0.2, 0) is 10.5 Å². The number of halogens is 1. The average Bonchev–Trinajstić information content (AvgIpc) is 3.14. The van der Waals surface area contributed by atoms with Crippen molar-refractivity contribution in [2.75, 3.05) is 25.1 Å². The Kier molecular flexibility index (Phi) is 2.79. The summed E-state index contributed by atoms with van der Waals surface area (Å²) in [6, 6.07) is 9.52. The van der Waals surface area contributed by atoms with Gasteiger partial charge in [0.2, 0.25) is 5.72 Å². The van der Waals surface area contributed by atoms with Gasteiger partial charge in [-0.3, -0.25) is 9.80 Å². The molecule has 1 saturated heterocycles. The first kappa shape index (κ1) is 13.1. The zero-order chi connectivity index (χ0) is 14.6. The predicted octanol–water partition coefficient (Wildman–Crippen LogP) is 3.50. The van der Waals surface area contributed by atoms with E-state index in [2.05, 4.69) is 0 Å². The molecule has 1 fully saturated rings. The van der Waals surface area contributed by atoms with E-state index in [9.17, 15) is 4.79 Å². The van der Waals surface area contributed by atoms with E-state index in [-0.39, 0.29) is 6.03 Å². The van der Waals surface area contributed by atoms with E-state index in [0.717, 1.165) is 16.1 Å². The molecule has 4 rings (SSSR count). The number of hydrogen-bond donors (Lipinski definition) is 0. The number of anilines is 1. The number of carbonyl (C=O) groups is 1. The normalized spacial score (nSPS) is 24.2. The second kappa shape index (κ2) is 4.47. The largest absolute Gasteiger partial charge is 0.344 e. The van der Waals surface area contributed by atoms with Gasteiger partial charge in [-0.1, -0.05) is 17.7 Å². The Hall–Kier alpha value is -1.56. The van der Waals surface area contributed by atoms with E-state index in [1.54, 1.807) is 34.3 Å². The number of benzene rings is 1. The molecular formula is C15H13ClN2O2S. The van der Waals surface area contributed by atoms with E-state index >= 15 is 0 Å². The molecule has 0 bridgehead atoms. The third kappa shape index (κ3) is 1.62. The van der Waals surface area contributed by atoms with Crippen LogP contribution in [0, 0.1) is 0 Å². The molecular weight excluding hydrogens is 308 g/mol. The molecule has 1 aromatic heterocycles. The molecule has 2 amide bonds. The summed E-state index contributed by atoms with van der Waals surface area (Å²) in [4.78, 5) is 17.2. The fraction of sp³-hybridized carbons (Fsp3) is 0.267. The van der Waals surface area contributed by atoms with Gasteiger partial charge in [0.25, 0.3) is 0 Å². The molecule has 6 heteroatoms. The molecule has 2 aliphatic heterocycles. The Morgan fingerprint density at radius 3 is 3.00 bits per heavy atom. The highest BCUT2D eigenvalue weighted by Gasteiger charge is 2.54. The fourth-order valence-electron chi connectivity index (χ4n) is 3.14. The van der Waals surface area contributed by atoms with Crippen molar-refractivity contribution < 1.29 is 9.53 Å². The topological polar surface area (TPSA) is 32.8 Å². The molecule has 0 aliphatic carbocycles. The van der Waals surface area contributed by atoms with Crippen LogP contribution in [0.15, 0.2) is 35.7 Å². The van der Waals surface area contributed by atoms with Crippen LogP contribution in [0.1, 0.15) is 10.4 Å². The maximum absolute atomic E-state index is 12.7. The van der Waals surface area contributed by atoms with Crippen LogP contribution in [0.3, 0.4) is 0 Å². The molecule has 0 saturated carbocycles. The van der Waals surface area contributed by atoms with Crippen molar-refractivity contribution in [1.82, 2.24) is 4.90 Å². The van der Waals surface area contributed by atoms with Crippen LogP contribution in [0.2, 0.25) is 5.02 Å². The molecule has 2 aliphatic rings. The van der Waals surface area contributed by atoms with Crippen LogP contribution in [0.4, 0.5) is 10.5 Å². The second-order valence-electron chi connectivity index (χ2n) is 5.12. The Bertz CT molecular complexity index is 718. The maximum atomic E-state index is 12.7. The van der Waals surface area contributed by atoms with Crippen molar-refractivity contribution >= 4 is 34.7 Å². The summed E-state index contributed by atoms with van der Waals surface area (Å²) < 4.78 is 6.12. The molecule has 108 valence electrons. The summed E-state index contributed by atoms with van der Waals surface area (Å²) in [5.74, 6) is 0. The van der Waals surface area contributed by atoms with Crippen molar-refractivity contribution in [3.05, 3.63) is 51.2 Å². The molecule has 3 heterocycles. The van der Waals surface area contributed by atoms with Crippen LogP contribution < -0.4 is 4.90 Å². The number of fused-ring (bicyclic) bond motifs is 3. The van der Waals surface area contributed by atoms with Crippen molar-refractivity contribution in [3.8, 4) is 0 Å². The first-order valence-corrected chi connectivity index (χ1v) is 7.93. The van der Waals surface area contributed by atoms with Crippen LogP contribution in [0.25, 0.3) is 0 Å². The van der Waals surface area contributed by atoms with E-state index in [1.165, 1.54) is 0 Å². The monoisotopic (exact) mass is 320 g/mol. The molecule has 1 atom stereocenters. The molecule has 0 radical (unpaired) electrons. The van der Waals surface area contributed by atoms with Crippen molar-refractivity contribution in [3.63, 3.8) is 0 Å². The van der Waals surface area contributed by atoms with Gasteiger partial charge in [-0.15, -0.1) is 11.3 Å². The van der Waals surface area contributed by atoms with Crippen LogP contribution >= 0.6 is 22.9 Å². The zero-order valence-electron chi connectivity index (χ0n) is 11.4. The van der Waals surface area contributed by atoms with Gasteiger partial charge in [0.15, 0.2) is 0 Å². The van der Waals surface area contributed by atoms with Crippen molar-refractivity contribution in [2.45, 2.75) is 5.72 Å². The summed E-state index contributed by atoms with van der Waals surface area (Å²) in [5.41, 5.74) is 0.936. The third-order valence-electron chi connectivity index (χ3n) is 4.06. The van der Waals surface area contributed by atoms with Gasteiger partial charge in [0, 0.05) is 24.2 Å². The summed E-state index contributed by atoms with van der Waals surface area (Å²) in [7, 11) is 1.78. The van der Waals surface area contributed by atoms with Gasteiger partial charge in [0.1, 0.15) is 0 Å². The van der Waals surface area contributed by atoms with Crippen molar-refractivity contribution in [2.24, 2.45) is 0 Å². The highest BCUT2D eigenvalue weighted by molar-refractivity contribution is 7.10. The summed E-state index contributed by atoms with van der Waals surface area (Å²) in [6.07, 6.45) is 0. The molecule has 1 unspecified atom stereocenters. The lowest BCUT2D eigenvalue weighted by Crippen LogP contribution is -2.55. The van der Waals surface area contributed by atoms with Gasteiger partial charge >= 0.3 is 6.03 Å². The van der Waals surface area contributed by atoms with E-state index < -0.39 is 5.72 Å². The lowest BCUT2D eigenvalue weighted by atomic mass is 9.95. The standard InChI is InChI=1S/C15H13ClN2O2S/c1-17-12-5-4-10(16)9-11(12)15(13-3-2-8-21-13)18(14(17)19)6-7-20-15/h2-5,8-9H,6-7H2,1H3. The van der Waals surface area contributed by atoms with E-state index in [4.69, 9.17) is 16.3 Å². The first-order chi connectivity index (χ1) is 10.1. The SMILES string of the molecule is CN1C(=O)N2CCOC2(c2cccs2)c2cc(Cl)ccc21. The molecule has 2 aromatic rings. The van der Waals surface area contributed by atoms with Gasteiger partial charge in [0.05, 0.1) is 17.2 Å². The Labute approximate surface area is 131 Å². The molecule has 0 spiro atoms. The van der Waals surface area contributed by atoms with Gasteiger partial charge < -0.3 is 4.74 Å². The number of hydrogen-bond acceptors (Lipinski definition) is 3. The van der Waals surface area contributed by atoms with Gasteiger partial charge in [-0.25, -0.2) is 4.79 Å². The number of thiophene rings is 1. The van der Waals surface area contributed by atoms with Crippen molar-refractivity contribution in [1.29, 1.82) is 0 Å². The van der Waals surface area contributed by atoms with E-state index in [1.807, 2.05) is 29.6 Å². The lowest BCUT2D eigenvalue weighted by Gasteiger charge is -2.44. The number of amides is 2. The van der Waals surface area contributed by atoms with E-state index in [0.29, 0.717) is 18.2 Å². The third-order valence-corrected chi connectivity index (χ3v) is 5.26. The minimum atomic E-state index is -0.835. The highest BCUT2D eigenvalue weighted by Crippen LogP contribution is 2.50. The summed E-state index contributed by atoms with van der Waals surface area (Å²) in [5, 5.41) is 2.64. The highest BCUT2D eigenvalue weighted by atomic mass is 35.5. The molecule has 1 aromatic carbocycles. The predicted molar refractivity (Wildman–Crippen MR) is 83.0 cm³/mol. The van der Waals surface area contributed by atoms with Crippen LogP contribution in [0.5, 0.6) is 0 Å². The first-order valence-electron chi connectivity index (χ1n) is 6.68. The van der Waals surface area contributed by atoms with Gasteiger partial charge in [-0.2, -0.15) is 0 Å². The average molecular weight is 321 g/mol. The van der Waals surface area contributed by atoms with Gasteiger partial charge in [-0.05, 0) is 29.6 Å². The molecule has 21 heavy (non-hydrogen) atoms. The summed E-state index contributed by atoms with van der Waals surface area (Å²) >= 11 is 7.79. The maximum Gasteiger partial charge on any atom is 0.327 e. The number of rotatable bonds is 1.